The van der Waals surface area contributed by atoms with Gasteiger partial charge in [0.05, 0.1) is 10.7 Å². The lowest BCUT2D eigenvalue weighted by atomic mass is 10.1. The molecule has 0 aliphatic carbocycles. The smallest absolute Gasteiger partial charge is 0.153 e. The van der Waals surface area contributed by atoms with Crippen molar-refractivity contribution in [3.05, 3.63) is 58.7 Å². The molecule has 0 bridgehead atoms. The number of halogens is 2. The van der Waals surface area contributed by atoms with Gasteiger partial charge >= 0.3 is 0 Å². The first-order valence-electron chi connectivity index (χ1n) is 6.63. The first kappa shape index (κ1) is 14.0. The summed E-state index contributed by atoms with van der Waals surface area (Å²) in [6, 6.07) is 6.87. The summed E-state index contributed by atoms with van der Waals surface area (Å²) in [7, 11) is 0. The van der Waals surface area contributed by atoms with Gasteiger partial charge in [-0.1, -0.05) is 18.2 Å². The Kier molecular flexibility index (Phi) is 3.88. The number of hydrogen-bond donors (Lipinski definition) is 1. The number of fused-ring (bicyclic) bond motifs is 1. The Balaban J connectivity index is 1.82. The summed E-state index contributed by atoms with van der Waals surface area (Å²) >= 11 is 3.46. The molecule has 0 saturated carbocycles. The molecule has 4 nitrogen and oxygen atoms in total. The molecule has 1 atom stereocenters. The Morgan fingerprint density at radius 1 is 1.38 bits per heavy atom. The third-order valence-electron chi connectivity index (χ3n) is 3.25. The highest BCUT2D eigenvalue weighted by Gasteiger charge is 2.12. The third kappa shape index (κ3) is 2.90. The molecule has 3 aromatic rings. The maximum absolute atomic E-state index is 13.7. The molecule has 0 spiro atoms. The van der Waals surface area contributed by atoms with Gasteiger partial charge in [0.15, 0.2) is 5.82 Å². The molecule has 0 saturated heterocycles. The van der Waals surface area contributed by atoms with Gasteiger partial charge in [0.25, 0.3) is 0 Å². The predicted molar refractivity (Wildman–Crippen MR) is 83.9 cm³/mol. The number of aromatic nitrogens is 3. The van der Waals surface area contributed by atoms with E-state index in [4.69, 9.17) is 0 Å². The van der Waals surface area contributed by atoms with Gasteiger partial charge in [-0.15, -0.1) is 0 Å². The number of hydrogen-bond acceptors (Lipinski definition) is 3. The summed E-state index contributed by atoms with van der Waals surface area (Å²) in [5.74, 6) is 0.550. The molecule has 0 radical (unpaired) electrons. The van der Waals surface area contributed by atoms with E-state index in [0.717, 1.165) is 15.8 Å². The van der Waals surface area contributed by atoms with Gasteiger partial charge in [-0.2, -0.15) is 5.10 Å². The quantitative estimate of drug-likeness (QED) is 0.782. The van der Waals surface area contributed by atoms with Crippen molar-refractivity contribution in [3.63, 3.8) is 0 Å². The summed E-state index contributed by atoms with van der Waals surface area (Å²) in [5.41, 5.74) is 1.56. The molecular formula is C15H14BrFN4. The van der Waals surface area contributed by atoms with Crippen LogP contribution in [0.4, 0.5) is 10.2 Å². The highest BCUT2D eigenvalue weighted by Crippen LogP contribution is 2.24. The Hall–Kier alpha value is -1.95. The van der Waals surface area contributed by atoms with Crippen LogP contribution in [0.2, 0.25) is 0 Å². The zero-order valence-electron chi connectivity index (χ0n) is 11.4. The summed E-state index contributed by atoms with van der Waals surface area (Å²) < 4.78 is 16.3. The number of nitrogens with one attached hydrogen (secondary N) is 1. The molecule has 0 aliphatic rings. The molecule has 3 rings (SSSR count). The van der Waals surface area contributed by atoms with E-state index in [-0.39, 0.29) is 11.9 Å². The molecule has 1 aromatic carbocycles. The Morgan fingerprint density at radius 2 is 2.19 bits per heavy atom. The fourth-order valence-corrected chi connectivity index (χ4v) is 2.75. The maximum atomic E-state index is 13.7. The van der Waals surface area contributed by atoms with Crippen molar-refractivity contribution >= 4 is 27.3 Å². The minimum absolute atomic E-state index is 0.0439. The second-order valence-corrected chi connectivity index (χ2v) is 5.76. The van der Waals surface area contributed by atoms with E-state index in [1.807, 2.05) is 13.0 Å². The monoisotopic (exact) mass is 348 g/mol. The SMILES string of the molecule is CC(Cc1ccccc1F)Nc1nccn2ncc(Br)c12. The first-order chi connectivity index (χ1) is 10.1. The van der Waals surface area contributed by atoms with E-state index in [1.165, 1.54) is 6.07 Å². The minimum atomic E-state index is -0.178. The number of anilines is 1. The van der Waals surface area contributed by atoms with Crippen LogP contribution >= 0.6 is 15.9 Å². The fourth-order valence-electron chi connectivity index (χ4n) is 2.29. The van der Waals surface area contributed by atoms with Gasteiger partial charge in [-0.3, -0.25) is 0 Å². The first-order valence-corrected chi connectivity index (χ1v) is 7.42. The number of nitrogens with zero attached hydrogens (tertiary/aromatic N) is 3. The molecule has 2 heterocycles. The van der Waals surface area contributed by atoms with Gasteiger partial charge in [-0.25, -0.2) is 13.9 Å². The fraction of sp³-hybridized carbons (Fsp3) is 0.200. The van der Waals surface area contributed by atoms with E-state index in [0.29, 0.717) is 12.0 Å². The van der Waals surface area contributed by atoms with Crippen LogP contribution < -0.4 is 5.32 Å². The van der Waals surface area contributed by atoms with Crippen LogP contribution in [-0.2, 0) is 6.42 Å². The lowest BCUT2D eigenvalue weighted by molar-refractivity contribution is 0.601. The van der Waals surface area contributed by atoms with E-state index in [1.54, 1.807) is 35.2 Å². The van der Waals surface area contributed by atoms with E-state index >= 15 is 0 Å². The predicted octanol–water partition coefficient (Wildman–Crippen LogP) is 3.67. The van der Waals surface area contributed by atoms with Crippen molar-refractivity contribution in [2.24, 2.45) is 0 Å². The van der Waals surface area contributed by atoms with Crippen molar-refractivity contribution in [2.45, 2.75) is 19.4 Å². The largest absolute Gasteiger partial charge is 0.365 e. The van der Waals surface area contributed by atoms with Gasteiger partial charge in [0, 0.05) is 18.4 Å². The van der Waals surface area contributed by atoms with Crippen LogP contribution in [0.5, 0.6) is 0 Å². The van der Waals surface area contributed by atoms with Crippen LogP contribution in [0.25, 0.3) is 5.52 Å². The number of rotatable bonds is 4. The second kappa shape index (κ2) is 5.81. The zero-order valence-corrected chi connectivity index (χ0v) is 13.0. The van der Waals surface area contributed by atoms with Crippen LogP contribution in [0.1, 0.15) is 12.5 Å². The van der Waals surface area contributed by atoms with Gasteiger partial charge in [-0.05, 0) is 40.9 Å². The maximum Gasteiger partial charge on any atom is 0.153 e. The minimum Gasteiger partial charge on any atom is -0.365 e. The van der Waals surface area contributed by atoms with Crippen molar-refractivity contribution < 1.29 is 4.39 Å². The number of benzene rings is 1. The normalized spacial score (nSPS) is 12.5. The lowest BCUT2D eigenvalue weighted by Crippen LogP contribution is -2.20. The van der Waals surface area contributed by atoms with Crippen LogP contribution in [-0.4, -0.2) is 20.6 Å². The highest BCUT2D eigenvalue weighted by atomic mass is 79.9. The van der Waals surface area contributed by atoms with Crippen molar-refractivity contribution in [2.75, 3.05) is 5.32 Å². The Morgan fingerprint density at radius 3 is 3.00 bits per heavy atom. The average molecular weight is 349 g/mol. The zero-order chi connectivity index (χ0) is 14.8. The van der Waals surface area contributed by atoms with Crippen molar-refractivity contribution in [1.29, 1.82) is 0 Å². The van der Waals surface area contributed by atoms with Gasteiger partial charge < -0.3 is 5.32 Å². The van der Waals surface area contributed by atoms with Gasteiger partial charge in [0.2, 0.25) is 0 Å². The highest BCUT2D eigenvalue weighted by molar-refractivity contribution is 9.10. The van der Waals surface area contributed by atoms with Crippen molar-refractivity contribution in [1.82, 2.24) is 14.6 Å². The summed E-state index contributed by atoms with van der Waals surface area (Å²) in [4.78, 5) is 4.35. The molecule has 2 aromatic heterocycles. The molecule has 0 aliphatic heterocycles. The summed E-state index contributed by atoms with van der Waals surface area (Å²) in [5, 5.41) is 7.53. The topological polar surface area (TPSA) is 42.2 Å². The second-order valence-electron chi connectivity index (χ2n) is 4.90. The molecule has 21 heavy (non-hydrogen) atoms. The Labute approximate surface area is 130 Å². The summed E-state index contributed by atoms with van der Waals surface area (Å²) in [6.07, 6.45) is 5.78. The average Bonchev–Trinajstić information content (AvgIpc) is 2.84. The van der Waals surface area contributed by atoms with Gasteiger partial charge in [0.1, 0.15) is 11.3 Å². The molecular weight excluding hydrogens is 335 g/mol. The van der Waals surface area contributed by atoms with E-state index < -0.39 is 0 Å². The van der Waals surface area contributed by atoms with Crippen LogP contribution in [0.15, 0.2) is 47.3 Å². The molecule has 1 unspecified atom stereocenters. The van der Waals surface area contributed by atoms with Crippen LogP contribution in [0.3, 0.4) is 0 Å². The Bertz CT molecular complexity index is 771. The third-order valence-corrected chi connectivity index (χ3v) is 3.83. The molecule has 1 N–H and O–H groups in total. The summed E-state index contributed by atoms with van der Waals surface area (Å²) in [6.45, 7) is 2.00. The molecule has 108 valence electrons. The standard InChI is InChI=1S/C15H14BrFN4/c1-10(8-11-4-2-3-5-13(11)17)20-15-14-12(16)9-19-21(14)7-6-18-15/h2-7,9-10H,8H2,1H3,(H,18,20). The van der Waals surface area contributed by atoms with Crippen molar-refractivity contribution in [3.8, 4) is 0 Å². The lowest BCUT2D eigenvalue weighted by Gasteiger charge is -2.15. The van der Waals surface area contributed by atoms with E-state index in [2.05, 4.69) is 31.3 Å². The van der Waals surface area contributed by atoms with E-state index in [9.17, 15) is 4.39 Å². The molecule has 0 fully saturated rings. The molecule has 0 amide bonds. The van der Waals surface area contributed by atoms with Crippen LogP contribution in [0, 0.1) is 5.82 Å². The molecule has 6 heteroatoms.